The van der Waals surface area contributed by atoms with Crippen molar-refractivity contribution >= 4 is 0 Å². The minimum absolute atomic E-state index is 0.581. The first kappa shape index (κ1) is 13.3. The summed E-state index contributed by atoms with van der Waals surface area (Å²) in [6, 6.07) is 4.58. The smallest absolute Gasteiger partial charge is 0.103 e. The molecule has 0 bridgehead atoms. The Kier molecular flexibility index (Phi) is 6.24. The molecular formula is C14H25NO. The first-order chi connectivity index (χ1) is 7.68. The first-order valence-corrected chi connectivity index (χ1v) is 6.44. The maximum atomic E-state index is 5.31. The fourth-order valence-corrected chi connectivity index (χ4v) is 1.77. The van der Waals surface area contributed by atoms with Crippen LogP contribution in [-0.2, 0) is 6.42 Å². The Morgan fingerprint density at radius 1 is 1.25 bits per heavy atom. The molecule has 0 aliphatic heterocycles. The van der Waals surface area contributed by atoms with Gasteiger partial charge in [0.05, 0.1) is 6.26 Å². The van der Waals surface area contributed by atoms with E-state index in [4.69, 9.17) is 4.42 Å². The largest absolute Gasteiger partial charge is 0.469 e. The van der Waals surface area contributed by atoms with Gasteiger partial charge in [0.25, 0.3) is 0 Å². The summed E-state index contributed by atoms with van der Waals surface area (Å²) in [7, 11) is 0. The van der Waals surface area contributed by atoms with Crippen molar-refractivity contribution in [1.82, 2.24) is 5.32 Å². The molecule has 1 aromatic rings. The molecule has 2 heteroatoms. The van der Waals surface area contributed by atoms with Crippen molar-refractivity contribution < 1.29 is 4.42 Å². The zero-order valence-electron chi connectivity index (χ0n) is 10.8. The van der Waals surface area contributed by atoms with Crippen LogP contribution in [0, 0.1) is 5.92 Å². The third-order valence-electron chi connectivity index (χ3n) is 2.85. The van der Waals surface area contributed by atoms with Crippen LogP contribution in [0.2, 0.25) is 0 Å². The lowest BCUT2D eigenvalue weighted by atomic mass is 10.1. The van der Waals surface area contributed by atoms with E-state index in [1.807, 2.05) is 12.1 Å². The molecule has 1 rings (SSSR count). The van der Waals surface area contributed by atoms with Crippen LogP contribution in [0.15, 0.2) is 22.8 Å². The van der Waals surface area contributed by atoms with Crippen LogP contribution in [0.5, 0.6) is 0 Å². The van der Waals surface area contributed by atoms with E-state index < -0.39 is 0 Å². The van der Waals surface area contributed by atoms with E-state index in [1.54, 1.807) is 6.26 Å². The van der Waals surface area contributed by atoms with Crippen molar-refractivity contribution in [3.8, 4) is 0 Å². The molecule has 1 atom stereocenters. The van der Waals surface area contributed by atoms with Crippen molar-refractivity contribution in [1.29, 1.82) is 0 Å². The van der Waals surface area contributed by atoms with Crippen molar-refractivity contribution in [3.05, 3.63) is 24.2 Å². The van der Waals surface area contributed by atoms with Crippen molar-refractivity contribution in [2.24, 2.45) is 5.92 Å². The Labute approximate surface area is 99.4 Å². The van der Waals surface area contributed by atoms with Gasteiger partial charge in [0.1, 0.15) is 5.76 Å². The maximum Gasteiger partial charge on any atom is 0.103 e. The molecule has 1 heterocycles. The minimum Gasteiger partial charge on any atom is -0.469 e. The van der Waals surface area contributed by atoms with Crippen LogP contribution in [0.1, 0.15) is 45.8 Å². The second-order valence-electron chi connectivity index (χ2n) is 5.01. The van der Waals surface area contributed by atoms with Crippen LogP contribution in [-0.4, -0.2) is 12.6 Å². The molecule has 0 aliphatic rings. The lowest BCUT2D eigenvalue weighted by molar-refractivity contribution is 0.446. The van der Waals surface area contributed by atoms with E-state index in [0.717, 1.165) is 31.1 Å². The molecule has 0 spiro atoms. The van der Waals surface area contributed by atoms with Gasteiger partial charge < -0.3 is 9.73 Å². The molecule has 16 heavy (non-hydrogen) atoms. The topological polar surface area (TPSA) is 25.2 Å². The zero-order chi connectivity index (χ0) is 11.8. The molecule has 1 unspecified atom stereocenters. The van der Waals surface area contributed by atoms with Crippen LogP contribution in [0.4, 0.5) is 0 Å². The van der Waals surface area contributed by atoms with Crippen molar-refractivity contribution in [2.75, 3.05) is 6.54 Å². The maximum absolute atomic E-state index is 5.31. The van der Waals surface area contributed by atoms with Gasteiger partial charge in [-0.1, -0.05) is 13.8 Å². The Bertz CT molecular complexity index is 254. The third kappa shape index (κ3) is 5.96. The van der Waals surface area contributed by atoms with E-state index in [2.05, 4.69) is 26.1 Å². The number of nitrogens with one attached hydrogen (secondary N) is 1. The normalized spacial score (nSPS) is 13.2. The summed E-state index contributed by atoms with van der Waals surface area (Å²) in [5.41, 5.74) is 0. The van der Waals surface area contributed by atoms with Gasteiger partial charge in [0.2, 0.25) is 0 Å². The summed E-state index contributed by atoms with van der Waals surface area (Å²) in [4.78, 5) is 0. The minimum atomic E-state index is 0.581. The molecule has 0 fully saturated rings. The van der Waals surface area contributed by atoms with E-state index in [0.29, 0.717) is 6.04 Å². The average molecular weight is 223 g/mol. The van der Waals surface area contributed by atoms with Crippen molar-refractivity contribution in [2.45, 2.75) is 52.5 Å². The lowest BCUT2D eigenvalue weighted by Crippen LogP contribution is -2.27. The summed E-state index contributed by atoms with van der Waals surface area (Å²) in [6.07, 6.45) is 6.53. The van der Waals surface area contributed by atoms with Crippen LogP contribution >= 0.6 is 0 Å². The summed E-state index contributed by atoms with van der Waals surface area (Å²) in [6.45, 7) is 7.94. The number of rotatable bonds is 8. The summed E-state index contributed by atoms with van der Waals surface area (Å²) in [5, 5.41) is 3.56. The van der Waals surface area contributed by atoms with Crippen LogP contribution < -0.4 is 5.32 Å². The highest BCUT2D eigenvalue weighted by molar-refractivity contribution is 4.98. The fraction of sp³-hybridized carbons (Fsp3) is 0.714. The molecule has 1 N–H and O–H groups in total. The summed E-state index contributed by atoms with van der Waals surface area (Å²) in [5.74, 6) is 1.91. The molecule has 2 nitrogen and oxygen atoms in total. The Balaban J connectivity index is 2.00. The Morgan fingerprint density at radius 3 is 2.69 bits per heavy atom. The molecule has 1 aromatic heterocycles. The molecule has 92 valence electrons. The highest BCUT2D eigenvalue weighted by Crippen LogP contribution is 2.06. The average Bonchev–Trinajstić information content (AvgIpc) is 2.74. The van der Waals surface area contributed by atoms with Gasteiger partial charge in [-0.2, -0.15) is 0 Å². The van der Waals surface area contributed by atoms with Gasteiger partial charge in [-0.05, 0) is 50.8 Å². The zero-order valence-corrected chi connectivity index (χ0v) is 10.8. The second kappa shape index (κ2) is 7.50. The number of hydrogen-bond donors (Lipinski definition) is 1. The molecule has 0 saturated heterocycles. The summed E-state index contributed by atoms with van der Waals surface area (Å²) >= 11 is 0. The van der Waals surface area contributed by atoms with Gasteiger partial charge in [0.15, 0.2) is 0 Å². The highest BCUT2D eigenvalue weighted by atomic mass is 16.3. The predicted molar refractivity (Wildman–Crippen MR) is 68.6 cm³/mol. The SMILES string of the molecule is CC(C)CCCNC(C)CCc1ccco1. The monoisotopic (exact) mass is 223 g/mol. The van der Waals surface area contributed by atoms with Gasteiger partial charge in [-0.25, -0.2) is 0 Å². The van der Waals surface area contributed by atoms with E-state index in [-0.39, 0.29) is 0 Å². The first-order valence-electron chi connectivity index (χ1n) is 6.44. The molecule has 0 aromatic carbocycles. The van der Waals surface area contributed by atoms with Gasteiger partial charge in [-0.15, -0.1) is 0 Å². The quantitative estimate of drug-likeness (QED) is 0.681. The highest BCUT2D eigenvalue weighted by Gasteiger charge is 2.03. The van der Waals surface area contributed by atoms with Crippen LogP contribution in [0.25, 0.3) is 0 Å². The van der Waals surface area contributed by atoms with Gasteiger partial charge in [0, 0.05) is 12.5 Å². The standard InChI is InChI=1S/C14H25NO/c1-12(2)6-4-10-15-13(3)8-9-14-7-5-11-16-14/h5,7,11-13,15H,4,6,8-10H2,1-3H3. The van der Waals surface area contributed by atoms with E-state index in [9.17, 15) is 0 Å². The van der Waals surface area contributed by atoms with Crippen LogP contribution in [0.3, 0.4) is 0 Å². The molecule has 0 radical (unpaired) electrons. The summed E-state index contributed by atoms with van der Waals surface area (Å²) < 4.78 is 5.31. The molecular weight excluding hydrogens is 198 g/mol. The Hall–Kier alpha value is -0.760. The lowest BCUT2D eigenvalue weighted by Gasteiger charge is -2.13. The number of hydrogen-bond acceptors (Lipinski definition) is 2. The molecule has 0 saturated carbocycles. The van der Waals surface area contributed by atoms with Crippen molar-refractivity contribution in [3.63, 3.8) is 0 Å². The Morgan fingerprint density at radius 2 is 2.06 bits per heavy atom. The van der Waals surface area contributed by atoms with E-state index in [1.165, 1.54) is 12.8 Å². The second-order valence-corrected chi connectivity index (χ2v) is 5.01. The fourth-order valence-electron chi connectivity index (χ4n) is 1.77. The van der Waals surface area contributed by atoms with Gasteiger partial charge in [-0.3, -0.25) is 0 Å². The predicted octanol–water partition coefficient (Wildman–Crippen LogP) is 3.63. The number of furan rings is 1. The molecule has 0 aliphatic carbocycles. The molecule has 0 amide bonds. The third-order valence-corrected chi connectivity index (χ3v) is 2.85. The van der Waals surface area contributed by atoms with Gasteiger partial charge >= 0.3 is 0 Å². The van der Waals surface area contributed by atoms with E-state index >= 15 is 0 Å². The number of aryl methyl sites for hydroxylation is 1.